The van der Waals surface area contributed by atoms with E-state index in [2.05, 4.69) is 78.4 Å². The van der Waals surface area contributed by atoms with E-state index < -0.39 is 13.3 Å². The first-order chi connectivity index (χ1) is 8.39. The van der Waals surface area contributed by atoms with Gasteiger partial charge in [0.1, 0.15) is 0 Å². The summed E-state index contributed by atoms with van der Waals surface area (Å²) in [6, 6.07) is 13.4. The summed E-state index contributed by atoms with van der Waals surface area (Å²) in [6.07, 6.45) is 2.10. The van der Waals surface area contributed by atoms with Crippen LogP contribution in [0.15, 0.2) is 42.6 Å². The molecule has 0 unspecified atom stereocenters. The maximum atomic E-state index is 2.44. The van der Waals surface area contributed by atoms with E-state index in [4.69, 9.17) is 0 Å². The van der Waals surface area contributed by atoms with Gasteiger partial charge in [0.15, 0.2) is 0 Å². The van der Waals surface area contributed by atoms with Crippen LogP contribution in [0.5, 0.6) is 0 Å². The van der Waals surface area contributed by atoms with Gasteiger partial charge in [-0.3, -0.25) is 0 Å². The number of pyridine rings is 1. The van der Waals surface area contributed by atoms with Crippen LogP contribution in [0.25, 0.3) is 11.3 Å². The fraction of sp³-hybridized carbons (Fsp3) is 0.312. The first-order valence-electron chi connectivity index (χ1n) is 6.46. The molecule has 18 heavy (non-hydrogen) atoms. The van der Waals surface area contributed by atoms with Crippen LogP contribution in [0.2, 0.25) is 17.3 Å². The number of aromatic nitrogens is 1. The van der Waals surface area contributed by atoms with E-state index in [1.165, 1.54) is 16.8 Å². The second-order valence-corrected chi connectivity index (χ2v) is 16.6. The molecule has 0 aliphatic rings. The molecule has 0 amide bonds. The molecule has 1 aromatic heterocycles. The Morgan fingerprint density at radius 3 is 2.28 bits per heavy atom. The number of benzene rings is 1. The molecule has 2 aromatic rings. The summed E-state index contributed by atoms with van der Waals surface area (Å²) in [7, 11) is 2.10. The number of hydrogen-bond donors (Lipinski definition) is 0. The average molecular weight is 301 g/mol. The first kappa shape index (κ1) is 13.3. The van der Waals surface area contributed by atoms with Crippen LogP contribution in [0.4, 0.5) is 0 Å². The second kappa shape index (κ2) is 4.89. The molecule has 0 aliphatic heterocycles. The zero-order valence-corrected chi connectivity index (χ0v) is 14.1. The van der Waals surface area contributed by atoms with E-state index in [9.17, 15) is 0 Å². The minimum absolute atomic E-state index is 1.28. The van der Waals surface area contributed by atoms with Crippen LogP contribution in [0.1, 0.15) is 5.56 Å². The van der Waals surface area contributed by atoms with Crippen molar-refractivity contribution < 1.29 is 4.57 Å². The summed E-state index contributed by atoms with van der Waals surface area (Å²) in [6.45, 7) is 2.22. The van der Waals surface area contributed by atoms with Gasteiger partial charge in [0.25, 0.3) is 0 Å². The Morgan fingerprint density at radius 1 is 1.00 bits per heavy atom. The van der Waals surface area contributed by atoms with Crippen LogP contribution in [0, 0.1) is 6.92 Å². The van der Waals surface area contributed by atoms with Crippen LogP contribution < -0.4 is 8.96 Å². The second-order valence-electron chi connectivity index (χ2n) is 5.98. The van der Waals surface area contributed by atoms with Crippen molar-refractivity contribution in [3.63, 3.8) is 0 Å². The molecule has 0 spiro atoms. The zero-order valence-electron chi connectivity index (χ0n) is 12.0. The van der Waals surface area contributed by atoms with Gasteiger partial charge in [-0.25, -0.2) is 0 Å². The fourth-order valence-corrected chi connectivity index (χ4v) is 4.81. The van der Waals surface area contributed by atoms with E-state index in [1.807, 2.05) is 0 Å². The molecule has 0 saturated carbocycles. The topological polar surface area (TPSA) is 3.88 Å². The van der Waals surface area contributed by atoms with Crippen molar-refractivity contribution in [3.05, 3.63) is 48.2 Å². The third kappa shape index (κ3) is 2.66. The van der Waals surface area contributed by atoms with Crippen LogP contribution in [-0.4, -0.2) is 13.3 Å². The van der Waals surface area contributed by atoms with Crippen molar-refractivity contribution in [3.8, 4) is 11.3 Å². The van der Waals surface area contributed by atoms with Gasteiger partial charge in [0, 0.05) is 0 Å². The number of nitrogens with zero attached hydrogens (tertiary/aromatic N) is 1. The van der Waals surface area contributed by atoms with Crippen molar-refractivity contribution in [2.75, 3.05) is 0 Å². The minimum atomic E-state index is -1.71. The Labute approximate surface area is 113 Å². The third-order valence-corrected chi connectivity index (χ3v) is 7.71. The average Bonchev–Trinajstić information content (AvgIpc) is 2.29. The van der Waals surface area contributed by atoms with Crippen LogP contribution in [0.3, 0.4) is 0 Å². The summed E-state index contributed by atoms with van der Waals surface area (Å²) < 4.78 is 3.76. The van der Waals surface area contributed by atoms with Crippen molar-refractivity contribution in [2.45, 2.75) is 24.2 Å². The van der Waals surface area contributed by atoms with Gasteiger partial charge >= 0.3 is 113 Å². The van der Waals surface area contributed by atoms with E-state index >= 15 is 0 Å². The SMILES string of the molecule is Cc1c[c]([Ge]([CH3])([CH3])[CH3])ccc1-c1cccc[n+]1C. The van der Waals surface area contributed by atoms with Gasteiger partial charge in [-0.2, -0.15) is 0 Å². The quantitative estimate of drug-likeness (QED) is 0.593. The van der Waals surface area contributed by atoms with Crippen molar-refractivity contribution in [1.82, 2.24) is 0 Å². The van der Waals surface area contributed by atoms with Gasteiger partial charge in [-0.15, -0.1) is 0 Å². The summed E-state index contributed by atoms with van der Waals surface area (Å²) in [5.74, 6) is 7.32. The monoisotopic (exact) mass is 302 g/mol. The van der Waals surface area contributed by atoms with E-state index in [0.29, 0.717) is 0 Å². The summed E-state index contributed by atoms with van der Waals surface area (Å²) in [5.41, 5.74) is 4.01. The Bertz CT molecular complexity index is 568. The van der Waals surface area contributed by atoms with Gasteiger partial charge < -0.3 is 0 Å². The molecule has 1 heterocycles. The van der Waals surface area contributed by atoms with Crippen molar-refractivity contribution in [2.24, 2.45) is 7.05 Å². The predicted molar refractivity (Wildman–Crippen MR) is 80.8 cm³/mol. The molecular weight excluding hydrogens is 279 g/mol. The van der Waals surface area contributed by atoms with Crippen molar-refractivity contribution in [1.29, 1.82) is 0 Å². The Hall–Kier alpha value is -1.09. The summed E-state index contributed by atoms with van der Waals surface area (Å²) in [5, 5.41) is 0. The molecule has 1 nitrogen and oxygen atoms in total. The molecule has 0 N–H and O–H groups in total. The Morgan fingerprint density at radius 2 is 1.72 bits per heavy atom. The Balaban J connectivity index is 2.52. The van der Waals surface area contributed by atoms with Gasteiger partial charge in [0.2, 0.25) is 0 Å². The normalized spacial score (nSPS) is 11.6. The molecule has 0 bridgehead atoms. The molecule has 0 atom stereocenters. The molecule has 0 fully saturated rings. The number of aryl methyl sites for hydroxylation is 2. The molecule has 2 heteroatoms. The maximum absolute atomic E-state index is 2.44. The van der Waals surface area contributed by atoms with Gasteiger partial charge in [-0.05, 0) is 0 Å². The molecule has 2 rings (SSSR count). The number of rotatable bonds is 2. The summed E-state index contributed by atoms with van der Waals surface area (Å²) >= 11 is -1.71. The third-order valence-electron chi connectivity index (χ3n) is 3.42. The molecular formula is C16H22GeN+. The van der Waals surface area contributed by atoms with Crippen LogP contribution in [-0.2, 0) is 7.05 Å². The zero-order chi connectivity index (χ0) is 13.3. The molecule has 0 aliphatic carbocycles. The Kier molecular flexibility index (Phi) is 3.62. The van der Waals surface area contributed by atoms with E-state index in [1.54, 1.807) is 4.40 Å². The van der Waals surface area contributed by atoms with Crippen LogP contribution >= 0.6 is 0 Å². The fourth-order valence-electron chi connectivity index (χ4n) is 2.22. The van der Waals surface area contributed by atoms with E-state index in [0.717, 1.165) is 0 Å². The summed E-state index contributed by atoms with van der Waals surface area (Å²) in [4.78, 5) is 0. The molecule has 0 radical (unpaired) electrons. The van der Waals surface area contributed by atoms with E-state index in [-0.39, 0.29) is 0 Å². The van der Waals surface area contributed by atoms with Gasteiger partial charge in [0.05, 0.1) is 0 Å². The number of hydrogen-bond acceptors (Lipinski definition) is 0. The predicted octanol–water partition coefficient (Wildman–Crippen LogP) is 3.03. The molecule has 1 aromatic carbocycles. The van der Waals surface area contributed by atoms with Crippen molar-refractivity contribution >= 4 is 17.7 Å². The standard InChI is InChI=1S/C16H22GeN/c1-13-12-14(17(2,3)4)9-10-15(13)16-8-6-7-11-18(16)5/h6-12H,1-5H3/q+1. The first-order valence-corrected chi connectivity index (χ1v) is 13.8. The molecule has 0 saturated heterocycles. The van der Waals surface area contributed by atoms with Gasteiger partial charge in [-0.1, -0.05) is 0 Å². The molecule has 94 valence electrons.